The Bertz CT molecular complexity index is 3450. The fourth-order valence-corrected chi connectivity index (χ4v) is 18.1. The summed E-state index contributed by atoms with van der Waals surface area (Å²) in [7, 11) is -4.07. The first kappa shape index (κ1) is 33.1. The third kappa shape index (κ3) is 4.03. The summed E-state index contributed by atoms with van der Waals surface area (Å²) >= 11 is 0. The van der Waals surface area contributed by atoms with E-state index >= 15 is 0 Å². The highest BCUT2D eigenvalue weighted by atomic mass is 28.3. The Morgan fingerprint density at radius 2 is 0.600 bits per heavy atom. The van der Waals surface area contributed by atoms with Crippen LogP contribution in [0.2, 0.25) is 26.2 Å². The summed E-state index contributed by atoms with van der Waals surface area (Å²) in [4.78, 5) is 0. The molecular formula is C56H40N2Si2. The van der Waals surface area contributed by atoms with Gasteiger partial charge in [0, 0.05) is 32.9 Å². The van der Waals surface area contributed by atoms with E-state index in [1.165, 1.54) is 120 Å². The Kier molecular flexibility index (Phi) is 6.13. The van der Waals surface area contributed by atoms with E-state index in [1.807, 2.05) is 0 Å². The molecule has 2 nitrogen and oxygen atoms in total. The zero-order chi connectivity index (χ0) is 39.8. The van der Waals surface area contributed by atoms with Crippen LogP contribution in [0.5, 0.6) is 0 Å². The molecule has 0 saturated carbocycles. The largest absolute Gasteiger partial charge is 0.309 e. The minimum Gasteiger partial charge on any atom is -0.309 e. The number of fused-ring (bicyclic) bond motifs is 6. The highest BCUT2D eigenvalue weighted by Gasteiger charge is 2.40. The molecule has 0 amide bonds. The Morgan fingerprint density at radius 1 is 0.300 bits per heavy atom. The molecule has 282 valence electrons. The smallest absolute Gasteiger partial charge is 0.113 e. The van der Waals surface area contributed by atoms with Crippen molar-refractivity contribution in [1.29, 1.82) is 0 Å². The van der Waals surface area contributed by atoms with Gasteiger partial charge in [-0.05, 0) is 124 Å². The number of nitrogens with zero attached hydrogens (tertiary/aromatic N) is 2. The fraction of sp³-hybridized carbons (Fsp3) is 0.0714. The molecule has 0 bridgehead atoms. The van der Waals surface area contributed by atoms with E-state index < -0.39 is 16.1 Å². The van der Waals surface area contributed by atoms with Gasteiger partial charge in [0.2, 0.25) is 0 Å². The standard InChI is InChI=1S/C56H40N2Si2/c1-59(2)49-29-37(21-25-41(49)43-27-23-39(31-51(43)59)57-45-13-5-9-33-17-18-34-10-6-14-46(57)54(34)53(33)45)38-22-26-42-44-28-24-40(32-52(44)60(3,4)50(42)30-38)58-47-15-7-11-35-19-20-36-12-8-16-48(58)56(36)55(35)47/h5-32H,1-4H3. The Morgan fingerprint density at radius 3 is 0.933 bits per heavy atom. The van der Waals surface area contributed by atoms with E-state index in [0.717, 1.165) is 0 Å². The topological polar surface area (TPSA) is 9.86 Å². The number of aromatic nitrogens is 2. The summed E-state index contributed by atoms with van der Waals surface area (Å²) in [6, 6.07) is 65.4. The van der Waals surface area contributed by atoms with Gasteiger partial charge in [0.15, 0.2) is 0 Å². The number of hydrogen-bond acceptors (Lipinski definition) is 0. The van der Waals surface area contributed by atoms with Gasteiger partial charge in [-0.15, -0.1) is 0 Å². The molecule has 60 heavy (non-hydrogen) atoms. The highest BCUT2D eigenvalue weighted by Crippen LogP contribution is 2.42. The van der Waals surface area contributed by atoms with E-state index in [9.17, 15) is 0 Å². The van der Waals surface area contributed by atoms with Gasteiger partial charge in [-0.3, -0.25) is 0 Å². The van der Waals surface area contributed by atoms with Gasteiger partial charge in [0.05, 0.1) is 22.1 Å². The van der Waals surface area contributed by atoms with Crippen LogP contribution in [0.4, 0.5) is 0 Å². The maximum Gasteiger partial charge on any atom is 0.113 e. The average molecular weight is 797 g/mol. The molecule has 0 atom stereocenters. The molecule has 0 saturated heterocycles. The van der Waals surface area contributed by atoms with Crippen LogP contribution in [0.1, 0.15) is 0 Å². The third-order valence-electron chi connectivity index (χ3n) is 14.8. The summed E-state index contributed by atoms with van der Waals surface area (Å²) in [6.07, 6.45) is 0. The molecule has 2 aliphatic heterocycles. The van der Waals surface area contributed by atoms with Crippen molar-refractivity contribution in [2.45, 2.75) is 26.2 Å². The normalized spacial score (nSPS) is 14.9. The van der Waals surface area contributed by atoms with Gasteiger partial charge in [-0.25, -0.2) is 0 Å². The zero-order valence-corrected chi connectivity index (χ0v) is 36.1. The van der Waals surface area contributed by atoms with Crippen molar-refractivity contribution in [3.05, 3.63) is 170 Å². The van der Waals surface area contributed by atoms with Gasteiger partial charge >= 0.3 is 0 Å². The Hall–Kier alpha value is -6.73. The van der Waals surface area contributed by atoms with Crippen molar-refractivity contribution in [2.75, 3.05) is 0 Å². The third-order valence-corrected chi connectivity index (χ3v) is 21.9. The van der Waals surface area contributed by atoms with Crippen molar-refractivity contribution >= 4 is 102 Å². The lowest BCUT2D eigenvalue weighted by molar-refractivity contribution is 1.18. The monoisotopic (exact) mass is 796 g/mol. The minimum atomic E-state index is -2.03. The first-order valence-electron chi connectivity index (χ1n) is 21.3. The molecule has 12 aromatic rings. The van der Waals surface area contributed by atoms with Crippen LogP contribution in [0.15, 0.2) is 170 Å². The van der Waals surface area contributed by atoms with E-state index in [0.29, 0.717) is 0 Å². The van der Waals surface area contributed by atoms with Crippen molar-refractivity contribution in [3.63, 3.8) is 0 Å². The maximum atomic E-state index is 2.55. The minimum absolute atomic E-state index is 1.26. The molecule has 0 fully saturated rings. The molecule has 4 heterocycles. The summed E-state index contributed by atoms with van der Waals surface area (Å²) in [5.41, 5.74) is 16.0. The summed E-state index contributed by atoms with van der Waals surface area (Å²) in [5, 5.41) is 16.9. The molecule has 0 unspecified atom stereocenters. The van der Waals surface area contributed by atoms with Crippen LogP contribution in [0, 0.1) is 0 Å². The van der Waals surface area contributed by atoms with Crippen LogP contribution in [0.3, 0.4) is 0 Å². The maximum absolute atomic E-state index is 2.55. The fourth-order valence-electron chi connectivity index (χ4n) is 11.9. The van der Waals surface area contributed by atoms with Crippen molar-refractivity contribution in [1.82, 2.24) is 9.13 Å². The molecule has 2 aromatic heterocycles. The van der Waals surface area contributed by atoms with E-state index in [4.69, 9.17) is 0 Å². The van der Waals surface area contributed by atoms with Gasteiger partial charge in [0.25, 0.3) is 0 Å². The quantitative estimate of drug-likeness (QED) is 0.124. The molecule has 2 aliphatic rings. The van der Waals surface area contributed by atoms with Crippen LogP contribution in [0.25, 0.3) is 110 Å². The average Bonchev–Trinajstić information content (AvgIpc) is 3.94. The molecule has 0 aliphatic carbocycles. The first-order valence-corrected chi connectivity index (χ1v) is 27.3. The van der Waals surface area contributed by atoms with Crippen LogP contribution < -0.4 is 20.7 Å². The van der Waals surface area contributed by atoms with Crippen LogP contribution in [-0.4, -0.2) is 25.3 Å². The molecule has 0 spiro atoms. The van der Waals surface area contributed by atoms with Gasteiger partial charge in [-0.1, -0.05) is 148 Å². The summed E-state index contributed by atoms with van der Waals surface area (Å²) in [5.74, 6) is 0. The summed E-state index contributed by atoms with van der Waals surface area (Å²) in [6.45, 7) is 10.2. The van der Waals surface area contributed by atoms with E-state index in [2.05, 4.69) is 205 Å². The lowest BCUT2D eigenvalue weighted by atomic mass is 9.98. The highest BCUT2D eigenvalue weighted by molar-refractivity contribution is 7.04. The van der Waals surface area contributed by atoms with Crippen LogP contribution >= 0.6 is 0 Å². The van der Waals surface area contributed by atoms with Crippen LogP contribution in [-0.2, 0) is 0 Å². The second-order valence-corrected chi connectivity index (χ2v) is 27.2. The van der Waals surface area contributed by atoms with Gasteiger partial charge in [-0.2, -0.15) is 0 Å². The molecule has 14 rings (SSSR count). The summed E-state index contributed by atoms with van der Waals surface area (Å²) < 4.78 is 5.01. The van der Waals surface area contributed by atoms with Gasteiger partial charge < -0.3 is 9.13 Å². The van der Waals surface area contributed by atoms with Crippen molar-refractivity contribution in [3.8, 4) is 44.8 Å². The van der Waals surface area contributed by atoms with Crippen molar-refractivity contribution in [2.24, 2.45) is 0 Å². The SMILES string of the molecule is C[Si]1(C)c2cc(-c3ccc4c(c3)[Si](C)(C)c3cc(-n5c6cccc7ccc8cccc5c8c76)ccc3-4)ccc2-c2ccc(-n3c4cccc5ccc6cccc3c6c54)cc21. The van der Waals surface area contributed by atoms with E-state index in [1.54, 1.807) is 10.4 Å². The second-order valence-electron chi connectivity index (χ2n) is 18.5. The lowest BCUT2D eigenvalue weighted by Gasteiger charge is -2.22. The molecular weight excluding hydrogens is 757 g/mol. The second kappa shape index (κ2) is 11.1. The number of benzene rings is 10. The Balaban J connectivity index is 0.852. The zero-order valence-electron chi connectivity index (χ0n) is 34.1. The molecule has 0 N–H and O–H groups in total. The predicted molar refractivity (Wildman–Crippen MR) is 262 cm³/mol. The van der Waals surface area contributed by atoms with Gasteiger partial charge in [0.1, 0.15) is 16.1 Å². The van der Waals surface area contributed by atoms with Crippen molar-refractivity contribution < 1.29 is 0 Å². The number of rotatable bonds is 3. The number of hydrogen-bond donors (Lipinski definition) is 0. The molecule has 4 heteroatoms. The Labute approximate surface area is 350 Å². The van der Waals surface area contributed by atoms with E-state index in [-0.39, 0.29) is 0 Å². The lowest BCUT2D eigenvalue weighted by Crippen LogP contribution is -2.49. The molecule has 10 aromatic carbocycles. The predicted octanol–water partition coefficient (Wildman–Crippen LogP) is 12.3. The molecule has 0 radical (unpaired) electrons. The first-order chi connectivity index (χ1) is 29.3.